The molecule has 11 atom stereocenters. The SMILES string of the molecule is C=C(C)[C@@H]1CC[C@]2([C@H](O)C#CCN(C3CCCCC3)C3CCCCC3)CC[C@]3(C)[C@H](CC[C@@H]4[C@@]5(C)CC[C@H](OC(C)=O)C(C)(C)[C@@H]5CC[C@]43C)[C@@H]12. The molecule has 7 aliphatic carbocycles. The summed E-state index contributed by atoms with van der Waals surface area (Å²) in [5.41, 5.74) is 1.96. The average molecular weight is 702 g/mol. The van der Waals surface area contributed by atoms with Crippen LogP contribution in [0.3, 0.4) is 0 Å². The predicted molar refractivity (Wildman–Crippen MR) is 209 cm³/mol. The van der Waals surface area contributed by atoms with Gasteiger partial charge in [-0.2, -0.15) is 0 Å². The minimum Gasteiger partial charge on any atom is -0.462 e. The molecule has 286 valence electrons. The standard InChI is InChI=1S/C47H75NO3/c1-32(2)36-23-28-47(40(50)20-15-31-48(34-16-11-9-12-17-34)35-18-13-10-14-19-35)30-29-45(7)37(42(36)47)21-22-39-44(6)26-25-41(51-33(3)49)43(4,5)38(44)24-27-46(39,45)8/h34-42,50H,1,9-14,16-19,21-31H2,2-8H3/t36-,37+,38-,39+,40+,41-,42+,44-,45+,46+,47+/m0/s1. The number of aliphatic hydroxyl groups is 1. The zero-order chi connectivity index (χ0) is 36.4. The molecule has 0 spiro atoms. The van der Waals surface area contributed by atoms with Crippen molar-refractivity contribution >= 4 is 5.97 Å². The van der Waals surface area contributed by atoms with Crippen molar-refractivity contribution in [1.29, 1.82) is 0 Å². The van der Waals surface area contributed by atoms with Gasteiger partial charge in [0.05, 0.1) is 6.54 Å². The van der Waals surface area contributed by atoms with E-state index in [2.05, 4.69) is 64.9 Å². The zero-order valence-corrected chi connectivity index (χ0v) is 34.0. The second-order valence-corrected chi connectivity index (χ2v) is 20.9. The second kappa shape index (κ2) is 14.1. The maximum absolute atomic E-state index is 12.4. The van der Waals surface area contributed by atoms with Gasteiger partial charge >= 0.3 is 5.97 Å². The van der Waals surface area contributed by atoms with Crippen LogP contribution in [0.4, 0.5) is 0 Å². The normalized spacial score (nSPS) is 44.6. The quantitative estimate of drug-likeness (QED) is 0.170. The van der Waals surface area contributed by atoms with Gasteiger partial charge in [0, 0.05) is 29.8 Å². The van der Waals surface area contributed by atoms with Crippen LogP contribution in [-0.4, -0.2) is 46.8 Å². The molecule has 0 unspecified atom stereocenters. The van der Waals surface area contributed by atoms with Gasteiger partial charge in [0.25, 0.3) is 0 Å². The van der Waals surface area contributed by atoms with Crippen LogP contribution in [0.15, 0.2) is 12.2 Å². The molecule has 7 fully saturated rings. The first kappa shape index (κ1) is 38.0. The molecule has 1 N–H and O–H groups in total. The molecule has 51 heavy (non-hydrogen) atoms. The third-order valence-corrected chi connectivity index (χ3v) is 18.5. The second-order valence-electron chi connectivity index (χ2n) is 20.9. The van der Waals surface area contributed by atoms with Gasteiger partial charge in [-0.3, -0.25) is 9.69 Å². The summed E-state index contributed by atoms with van der Waals surface area (Å²) < 4.78 is 6.00. The van der Waals surface area contributed by atoms with E-state index in [0.29, 0.717) is 41.7 Å². The number of hydrogen-bond donors (Lipinski definition) is 1. The number of fused-ring (bicyclic) bond motifs is 7. The Hall–Kier alpha value is -1.31. The third kappa shape index (κ3) is 6.12. The zero-order valence-electron chi connectivity index (χ0n) is 34.0. The highest BCUT2D eigenvalue weighted by atomic mass is 16.5. The lowest BCUT2D eigenvalue weighted by Gasteiger charge is -2.73. The van der Waals surface area contributed by atoms with E-state index in [1.165, 1.54) is 102 Å². The van der Waals surface area contributed by atoms with Gasteiger partial charge in [-0.05, 0) is 143 Å². The van der Waals surface area contributed by atoms with Gasteiger partial charge in [0.15, 0.2) is 0 Å². The Labute approximate surface area is 313 Å². The number of nitrogens with zero attached hydrogens (tertiary/aromatic N) is 1. The summed E-state index contributed by atoms with van der Waals surface area (Å²) in [6, 6.07) is 1.37. The van der Waals surface area contributed by atoms with Crippen LogP contribution < -0.4 is 0 Å². The van der Waals surface area contributed by atoms with E-state index in [0.717, 1.165) is 38.6 Å². The summed E-state index contributed by atoms with van der Waals surface area (Å²) >= 11 is 0. The van der Waals surface area contributed by atoms with E-state index < -0.39 is 6.10 Å². The van der Waals surface area contributed by atoms with Crippen molar-refractivity contribution in [1.82, 2.24) is 4.90 Å². The van der Waals surface area contributed by atoms with E-state index in [1.54, 1.807) is 6.92 Å². The lowest BCUT2D eigenvalue weighted by atomic mass is 9.32. The summed E-state index contributed by atoms with van der Waals surface area (Å²) in [6.45, 7) is 22.2. The number of ether oxygens (including phenoxy) is 1. The number of hydrogen-bond acceptors (Lipinski definition) is 4. The van der Waals surface area contributed by atoms with Crippen LogP contribution in [0.1, 0.15) is 177 Å². The Morgan fingerprint density at radius 3 is 2.02 bits per heavy atom. The van der Waals surface area contributed by atoms with E-state index in [9.17, 15) is 9.90 Å². The molecule has 7 aliphatic rings. The van der Waals surface area contributed by atoms with E-state index in [4.69, 9.17) is 4.74 Å². The predicted octanol–water partition coefficient (Wildman–Crippen LogP) is 10.9. The molecule has 0 radical (unpaired) electrons. The van der Waals surface area contributed by atoms with Gasteiger partial charge in [0.1, 0.15) is 12.2 Å². The fraction of sp³-hybridized carbons (Fsp3) is 0.894. The molecule has 0 aromatic rings. The molecule has 4 nitrogen and oxygen atoms in total. The smallest absolute Gasteiger partial charge is 0.302 e. The number of carbonyl (C=O) groups is 1. The van der Waals surface area contributed by atoms with E-state index in [1.807, 2.05) is 0 Å². The minimum atomic E-state index is -0.549. The molecule has 4 heteroatoms. The maximum atomic E-state index is 12.4. The van der Waals surface area contributed by atoms with Gasteiger partial charge in [-0.25, -0.2) is 0 Å². The van der Waals surface area contributed by atoms with Crippen molar-refractivity contribution in [2.24, 2.45) is 56.7 Å². The lowest BCUT2D eigenvalue weighted by molar-refractivity contribution is -0.253. The summed E-state index contributed by atoms with van der Waals surface area (Å²) in [4.78, 5) is 14.9. The molecule has 0 bridgehead atoms. The highest BCUT2D eigenvalue weighted by Gasteiger charge is 2.71. The molecule has 0 aromatic carbocycles. The summed E-state index contributed by atoms with van der Waals surface area (Å²) in [6.07, 6.45) is 24.8. The van der Waals surface area contributed by atoms with Crippen molar-refractivity contribution in [3.05, 3.63) is 12.2 Å². The van der Waals surface area contributed by atoms with E-state index >= 15 is 0 Å². The Kier molecular flexibility index (Phi) is 10.5. The third-order valence-electron chi connectivity index (χ3n) is 18.5. The molecule has 0 aromatic heterocycles. The van der Waals surface area contributed by atoms with Crippen molar-refractivity contribution in [3.63, 3.8) is 0 Å². The Morgan fingerprint density at radius 1 is 0.765 bits per heavy atom. The van der Waals surface area contributed by atoms with Crippen LogP contribution in [0.2, 0.25) is 0 Å². The van der Waals surface area contributed by atoms with Gasteiger partial charge in [-0.1, -0.05) is 97.1 Å². The highest BCUT2D eigenvalue weighted by Crippen LogP contribution is 2.78. The highest BCUT2D eigenvalue weighted by molar-refractivity contribution is 5.66. The minimum absolute atomic E-state index is 0.0116. The molecule has 7 saturated carbocycles. The molecule has 0 aliphatic heterocycles. The monoisotopic (exact) mass is 702 g/mol. The summed E-state index contributed by atoms with van der Waals surface area (Å²) in [7, 11) is 0. The van der Waals surface area contributed by atoms with Crippen molar-refractivity contribution in [2.75, 3.05) is 6.54 Å². The Bertz CT molecular complexity index is 1340. The van der Waals surface area contributed by atoms with Crippen molar-refractivity contribution in [3.8, 4) is 11.8 Å². The van der Waals surface area contributed by atoms with Gasteiger partial charge < -0.3 is 9.84 Å². The number of allylic oxidation sites excluding steroid dienone is 1. The first-order valence-electron chi connectivity index (χ1n) is 21.9. The van der Waals surface area contributed by atoms with Crippen molar-refractivity contribution in [2.45, 2.75) is 201 Å². The fourth-order valence-electron chi connectivity index (χ4n) is 15.8. The number of rotatable bonds is 6. The van der Waals surface area contributed by atoms with E-state index in [-0.39, 0.29) is 39.1 Å². The molecule has 0 amide bonds. The Morgan fingerprint density at radius 2 is 1.41 bits per heavy atom. The molecular formula is C47H75NO3. The van der Waals surface area contributed by atoms with Gasteiger partial charge in [-0.15, -0.1) is 0 Å². The van der Waals surface area contributed by atoms with Crippen LogP contribution in [0.25, 0.3) is 0 Å². The number of esters is 1. The number of carbonyl (C=O) groups excluding carboxylic acids is 1. The fourth-order valence-corrected chi connectivity index (χ4v) is 15.8. The topological polar surface area (TPSA) is 49.8 Å². The molecule has 7 rings (SSSR count). The first-order chi connectivity index (χ1) is 24.2. The van der Waals surface area contributed by atoms with Crippen LogP contribution in [0, 0.1) is 68.5 Å². The number of aliphatic hydroxyl groups excluding tert-OH is 1. The first-order valence-corrected chi connectivity index (χ1v) is 21.9. The molecule has 0 heterocycles. The summed E-state index contributed by atoms with van der Waals surface area (Å²) in [5.74, 6) is 9.98. The van der Waals surface area contributed by atoms with Crippen LogP contribution in [0.5, 0.6) is 0 Å². The largest absolute Gasteiger partial charge is 0.462 e. The van der Waals surface area contributed by atoms with Crippen LogP contribution >= 0.6 is 0 Å². The van der Waals surface area contributed by atoms with Crippen molar-refractivity contribution < 1.29 is 14.6 Å². The van der Waals surface area contributed by atoms with Crippen LogP contribution in [-0.2, 0) is 9.53 Å². The maximum Gasteiger partial charge on any atom is 0.302 e. The average Bonchev–Trinajstić information content (AvgIpc) is 3.50. The Balaban J connectivity index is 1.15. The van der Waals surface area contributed by atoms with Gasteiger partial charge in [0.2, 0.25) is 0 Å². The molecular weight excluding hydrogens is 627 g/mol. The molecule has 0 saturated heterocycles. The summed E-state index contributed by atoms with van der Waals surface area (Å²) in [5, 5.41) is 12.4. The lowest BCUT2D eigenvalue weighted by Crippen LogP contribution is -2.67.